The molecule has 1 fully saturated rings. The van der Waals surface area contributed by atoms with E-state index in [0.29, 0.717) is 5.56 Å². The maximum absolute atomic E-state index is 11.9. The van der Waals surface area contributed by atoms with Crippen molar-refractivity contribution >= 4 is 23.2 Å². The van der Waals surface area contributed by atoms with Crippen LogP contribution < -0.4 is 5.32 Å². The number of nitro benzene ring substituents is 1. The summed E-state index contributed by atoms with van der Waals surface area (Å²) in [5.41, 5.74) is 0.422. The Morgan fingerprint density at radius 3 is 2.73 bits per heavy atom. The normalized spacial score (nSPS) is 16.5. The van der Waals surface area contributed by atoms with E-state index in [1.165, 1.54) is 18.2 Å². The number of rotatable bonds is 6. The lowest BCUT2D eigenvalue weighted by Gasteiger charge is -2.18. The minimum absolute atomic E-state index is 0.0359. The fraction of sp³-hybridized carbons (Fsp3) is 0.533. The number of halogens is 1. The van der Waals surface area contributed by atoms with Crippen molar-refractivity contribution in [3.05, 3.63) is 38.9 Å². The van der Waals surface area contributed by atoms with Gasteiger partial charge in [-0.05, 0) is 24.3 Å². The van der Waals surface area contributed by atoms with Crippen LogP contribution in [0.25, 0.3) is 0 Å². The van der Waals surface area contributed by atoms with Crippen molar-refractivity contribution in [1.29, 1.82) is 0 Å². The second-order valence-electron chi connectivity index (χ2n) is 5.63. The zero-order chi connectivity index (χ0) is 16.1. The van der Waals surface area contributed by atoms with Crippen LogP contribution in [-0.2, 0) is 11.2 Å². The first-order chi connectivity index (χ1) is 10.5. The molecule has 1 atom stereocenters. The number of hydrogen-bond acceptors (Lipinski definition) is 4. The Hall–Kier alpha value is -1.66. The summed E-state index contributed by atoms with van der Waals surface area (Å²) in [6, 6.07) is 4.03. The topological polar surface area (TPSA) is 92.5 Å². The molecule has 1 aliphatic carbocycles. The van der Waals surface area contributed by atoms with Crippen LogP contribution in [-0.4, -0.2) is 28.6 Å². The quantitative estimate of drug-likeness (QED) is 0.620. The standard InChI is InChI=1S/C15H19ClN2O4/c16-13-8-12(18(21)22)6-5-11(13)7-15(20)17-9-14(19)10-3-1-2-4-10/h5-6,8,10,14,19H,1-4,7,9H2,(H,17,20). The van der Waals surface area contributed by atoms with E-state index < -0.39 is 11.0 Å². The Kier molecular flexibility index (Phi) is 5.74. The number of nitro groups is 1. The van der Waals surface area contributed by atoms with Gasteiger partial charge in [0.1, 0.15) is 0 Å². The molecule has 2 rings (SSSR count). The van der Waals surface area contributed by atoms with Crippen molar-refractivity contribution in [3.63, 3.8) is 0 Å². The molecule has 0 aromatic heterocycles. The Morgan fingerprint density at radius 2 is 2.14 bits per heavy atom. The van der Waals surface area contributed by atoms with Crippen LogP contribution in [0.4, 0.5) is 5.69 Å². The van der Waals surface area contributed by atoms with Gasteiger partial charge in [0, 0.05) is 18.7 Å². The second-order valence-corrected chi connectivity index (χ2v) is 6.03. The molecule has 120 valence electrons. The number of carbonyl (C=O) groups excluding carboxylic acids is 1. The fourth-order valence-electron chi connectivity index (χ4n) is 2.76. The molecule has 6 nitrogen and oxygen atoms in total. The van der Waals surface area contributed by atoms with Gasteiger partial charge in [0.15, 0.2) is 0 Å². The van der Waals surface area contributed by atoms with E-state index in [1.807, 2.05) is 0 Å². The van der Waals surface area contributed by atoms with Crippen LogP contribution in [0.5, 0.6) is 0 Å². The first-order valence-electron chi connectivity index (χ1n) is 7.35. The maximum atomic E-state index is 11.9. The number of amides is 1. The summed E-state index contributed by atoms with van der Waals surface area (Å²) in [5.74, 6) is 0.0102. The van der Waals surface area contributed by atoms with Crippen LogP contribution in [0, 0.1) is 16.0 Å². The molecule has 1 saturated carbocycles. The SMILES string of the molecule is O=C(Cc1ccc([N+](=O)[O-])cc1Cl)NCC(O)C1CCCC1. The molecule has 1 aromatic rings. The molecule has 0 saturated heterocycles. The highest BCUT2D eigenvalue weighted by Gasteiger charge is 2.23. The third kappa shape index (κ3) is 4.42. The minimum Gasteiger partial charge on any atom is -0.391 e. The van der Waals surface area contributed by atoms with Gasteiger partial charge in [-0.1, -0.05) is 30.5 Å². The predicted molar refractivity (Wildman–Crippen MR) is 82.8 cm³/mol. The van der Waals surface area contributed by atoms with Gasteiger partial charge in [-0.15, -0.1) is 0 Å². The highest BCUT2D eigenvalue weighted by atomic mass is 35.5. The van der Waals surface area contributed by atoms with Gasteiger partial charge in [-0.2, -0.15) is 0 Å². The average Bonchev–Trinajstić information content (AvgIpc) is 3.01. The molecule has 0 radical (unpaired) electrons. The number of benzene rings is 1. The van der Waals surface area contributed by atoms with E-state index in [4.69, 9.17) is 11.6 Å². The molecule has 1 unspecified atom stereocenters. The molecule has 1 aliphatic rings. The number of aliphatic hydroxyl groups is 1. The Bertz CT molecular complexity index is 558. The molecular weight excluding hydrogens is 308 g/mol. The highest BCUT2D eigenvalue weighted by molar-refractivity contribution is 6.31. The van der Waals surface area contributed by atoms with Crippen LogP contribution >= 0.6 is 11.6 Å². The van der Waals surface area contributed by atoms with Gasteiger partial charge < -0.3 is 10.4 Å². The summed E-state index contributed by atoms with van der Waals surface area (Å²) in [7, 11) is 0. The molecule has 0 bridgehead atoms. The van der Waals surface area contributed by atoms with E-state index in [2.05, 4.69) is 5.32 Å². The van der Waals surface area contributed by atoms with Crippen molar-refractivity contribution in [2.75, 3.05) is 6.54 Å². The lowest BCUT2D eigenvalue weighted by molar-refractivity contribution is -0.384. The monoisotopic (exact) mass is 326 g/mol. The summed E-state index contributed by atoms with van der Waals surface area (Å²) in [5, 5.41) is 23.5. The number of carbonyl (C=O) groups is 1. The number of hydrogen-bond donors (Lipinski definition) is 2. The molecular formula is C15H19ClN2O4. The average molecular weight is 327 g/mol. The van der Waals surface area contributed by atoms with Crippen LogP contribution in [0.15, 0.2) is 18.2 Å². The first-order valence-corrected chi connectivity index (χ1v) is 7.72. The molecule has 0 heterocycles. The summed E-state index contributed by atoms with van der Waals surface area (Å²) in [4.78, 5) is 22.0. The fourth-order valence-corrected chi connectivity index (χ4v) is 3.00. The van der Waals surface area contributed by atoms with Gasteiger partial charge in [-0.3, -0.25) is 14.9 Å². The molecule has 0 aliphatic heterocycles. The van der Waals surface area contributed by atoms with Crippen LogP contribution in [0.2, 0.25) is 5.02 Å². The molecule has 7 heteroatoms. The van der Waals surface area contributed by atoms with E-state index in [0.717, 1.165) is 25.7 Å². The third-order valence-electron chi connectivity index (χ3n) is 4.05. The van der Waals surface area contributed by atoms with E-state index in [-0.39, 0.29) is 35.5 Å². The van der Waals surface area contributed by atoms with Crippen molar-refractivity contribution in [2.45, 2.75) is 38.2 Å². The smallest absolute Gasteiger partial charge is 0.270 e. The van der Waals surface area contributed by atoms with Crippen molar-refractivity contribution in [1.82, 2.24) is 5.32 Å². The number of aliphatic hydroxyl groups excluding tert-OH is 1. The lowest BCUT2D eigenvalue weighted by Crippen LogP contribution is -2.36. The number of non-ortho nitro benzene ring substituents is 1. The first kappa shape index (κ1) is 16.7. The Morgan fingerprint density at radius 1 is 1.45 bits per heavy atom. The Labute approximate surface area is 133 Å². The third-order valence-corrected chi connectivity index (χ3v) is 4.40. The maximum Gasteiger partial charge on any atom is 0.270 e. The Balaban J connectivity index is 1.85. The zero-order valence-electron chi connectivity index (χ0n) is 12.1. The van der Waals surface area contributed by atoms with E-state index in [1.54, 1.807) is 0 Å². The molecule has 1 amide bonds. The summed E-state index contributed by atoms with van der Waals surface area (Å²) < 4.78 is 0. The van der Waals surface area contributed by atoms with Crippen molar-refractivity contribution < 1.29 is 14.8 Å². The second kappa shape index (κ2) is 7.56. The number of nitrogens with zero attached hydrogens (tertiary/aromatic N) is 1. The van der Waals surface area contributed by atoms with E-state index >= 15 is 0 Å². The number of nitrogens with one attached hydrogen (secondary N) is 1. The van der Waals surface area contributed by atoms with Gasteiger partial charge in [0.2, 0.25) is 5.91 Å². The van der Waals surface area contributed by atoms with Crippen LogP contribution in [0.1, 0.15) is 31.2 Å². The predicted octanol–water partition coefficient (Wildman–Crippen LogP) is 2.46. The summed E-state index contributed by atoms with van der Waals surface area (Å²) in [6.45, 7) is 0.230. The van der Waals surface area contributed by atoms with Gasteiger partial charge in [-0.25, -0.2) is 0 Å². The highest BCUT2D eigenvalue weighted by Crippen LogP contribution is 2.27. The summed E-state index contributed by atoms with van der Waals surface area (Å²) >= 11 is 5.95. The van der Waals surface area contributed by atoms with Gasteiger partial charge in [0.05, 0.1) is 22.5 Å². The molecule has 1 aromatic carbocycles. The minimum atomic E-state index is -0.534. The molecule has 22 heavy (non-hydrogen) atoms. The summed E-state index contributed by atoms with van der Waals surface area (Å²) in [6.07, 6.45) is 3.80. The van der Waals surface area contributed by atoms with E-state index in [9.17, 15) is 20.0 Å². The van der Waals surface area contributed by atoms with Crippen molar-refractivity contribution in [3.8, 4) is 0 Å². The van der Waals surface area contributed by atoms with Crippen molar-refractivity contribution in [2.24, 2.45) is 5.92 Å². The molecule has 0 spiro atoms. The van der Waals surface area contributed by atoms with Gasteiger partial charge >= 0.3 is 0 Å². The molecule has 2 N–H and O–H groups in total. The largest absolute Gasteiger partial charge is 0.391 e. The van der Waals surface area contributed by atoms with Crippen LogP contribution in [0.3, 0.4) is 0 Å². The zero-order valence-corrected chi connectivity index (χ0v) is 12.9. The van der Waals surface area contributed by atoms with Gasteiger partial charge in [0.25, 0.3) is 5.69 Å². The lowest BCUT2D eigenvalue weighted by atomic mass is 10.0.